The number of benzene rings is 1. The molecule has 1 amide bonds. The number of aromatic nitrogens is 2. The third-order valence-corrected chi connectivity index (χ3v) is 8.33. The van der Waals surface area contributed by atoms with Gasteiger partial charge in [-0.1, -0.05) is 6.07 Å². The molecule has 182 valence electrons. The van der Waals surface area contributed by atoms with Crippen LogP contribution in [0.4, 0.5) is 5.00 Å². The van der Waals surface area contributed by atoms with Gasteiger partial charge in [-0.15, -0.1) is 22.7 Å². The molecule has 5 rings (SSSR count). The molecule has 0 saturated carbocycles. The topological polar surface area (TPSA) is 88.2 Å². The molecule has 7 nitrogen and oxygen atoms in total. The Balaban J connectivity index is 1.44. The van der Waals surface area contributed by atoms with Crippen LogP contribution >= 0.6 is 22.7 Å². The summed E-state index contributed by atoms with van der Waals surface area (Å²) in [5.74, 6) is 0.0122. The first kappa shape index (κ1) is 24.0. The van der Waals surface area contributed by atoms with Crippen LogP contribution in [-0.4, -0.2) is 49.2 Å². The monoisotopic (exact) mass is 507 g/mol. The summed E-state index contributed by atoms with van der Waals surface area (Å²) in [6.45, 7) is 5.86. The van der Waals surface area contributed by atoms with Crippen LogP contribution in [-0.2, 0) is 22.5 Å². The zero-order chi connectivity index (χ0) is 24.2. The number of rotatable bonds is 9. The Morgan fingerprint density at radius 3 is 3.00 bits per heavy atom. The van der Waals surface area contributed by atoms with Gasteiger partial charge in [-0.3, -0.25) is 9.78 Å². The van der Waals surface area contributed by atoms with Crippen molar-refractivity contribution in [3.8, 4) is 21.7 Å². The molecule has 4 heterocycles. The van der Waals surface area contributed by atoms with Crippen molar-refractivity contribution >= 4 is 43.8 Å². The van der Waals surface area contributed by atoms with Crippen molar-refractivity contribution in [3.63, 3.8) is 0 Å². The van der Waals surface area contributed by atoms with Gasteiger partial charge in [-0.05, 0) is 54.8 Å². The molecular formula is C26H29N5O2S2. The predicted octanol–water partition coefficient (Wildman–Crippen LogP) is 4.61. The van der Waals surface area contributed by atoms with Gasteiger partial charge in [0.2, 0.25) is 5.91 Å². The molecule has 0 fully saturated rings. The van der Waals surface area contributed by atoms with Gasteiger partial charge in [0.15, 0.2) is 0 Å². The molecule has 0 saturated heterocycles. The van der Waals surface area contributed by atoms with Crippen LogP contribution < -0.4 is 16.0 Å². The van der Waals surface area contributed by atoms with Crippen LogP contribution in [0, 0.1) is 6.92 Å². The number of ether oxygens (including phenoxy) is 1. The maximum atomic E-state index is 12.7. The van der Waals surface area contributed by atoms with Gasteiger partial charge in [0.1, 0.15) is 10.0 Å². The van der Waals surface area contributed by atoms with Crippen LogP contribution in [0.5, 0.6) is 0 Å². The van der Waals surface area contributed by atoms with Crippen molar-refractivity contribution < 1.29 is 9.53 Å². The van der Waals surface area contributed by atoms with E-state index in [1.807, 2.05) is 18.5 Å². The largest absolute Gasteiger partial charge is 0.383 e. The summed E-state index contributed by atoms with van der Waals surface area (Å²) in [4.78, 5) is 23.3. The fourth-order valence-electron chi connectivity index (χ4n) is 4.30. The number of anilines is 1. The lowest BCUT2D eigenvalue weighted by molar-refractivity contribution is -0.116. The van der Waals surface area contributed by atoms with Crippen LogP contribution in [0.1, 0.15) is 22.4 Å². The van der Waals surface area contributed by atoms with Crippen LogP contribution in [0.25, 0.3) is 31.9 Å². The van der Waals surface area contributed by atoms with E-state index in [1.165, 1.54) is 16.0 Å². The lowest BCUT2D eigenvalue weighted by Gasteiger charge is -2.13. The number of amides is 1. The first-order valence-corrected chi connectivity index (χ1v) is 13.4. The number of hydrogen-bond acceptors (Lipinski definition) is 8. The van der Waals surface area contributed by atoms with Crippen molar-refractivity contribution in [2.24, 2.45) is 0 Å². The molecule has 0 aliphatic carbocycles. The minimum absolute atomic E-state index is 0.0122. The number of hydrogen-bond donors (Lipinski definition) is 3. The third kappa shape index (κ3) is 5.29. The zero-order valence-corrected chi connectivity index (χ0v) is 21.6. The van der Waals surface area contributed by atoms with Gasteiger partial charge < -0.3 is 20.7 Å². The molecule has 1 aliphatic heterocycles. The molecule has 35 heavy (non-hydrogen) atoms. The van der Waals surface area contributed by atoms with E-state index in [0.717, 1.165) is 63.0 Å². The number of carbonyl (C=O) groups excluding carboxylic acids is 1. The van der Waals surface area contributed by atoms with Crippen LogP contribution in [0.2, 0.25) is 0 Å². The van der Waals surface area contributed by atoms with E-state index in [1.54, 1.807) is 29.8 Å². The van der Waals surface area contributed by atoms with E-state index >= 15 is 0 Å². The minimum Gasteiger partial charge on any atom is -0.383 e. The number of nitrogens with one attached hydrogen (secondary N) is 3. The van der Waals surface area contributed by atoms with Gasteiger partial charge in [0, 0.05) is 61.6 Å². The first-order valence-electron chi connectivity index (χ1n) is 11.8. The number of thiazole rings is 1. The zero-order valence-electron chi connectivity index (χ0n) is 19.9. The van der Waals surface area contributed by atoms with Gasteiger partial charge in [-0.2, -0.15) is 0 Å². The molecule has 3 aromatic heterocycles. The van der Waals surface area contributed by atoms with Crippen molar-refractivity contribution in [2.75, 3.05) is 38.7 Å². The van der Waals surface area contributed by atoms with Gasteiger partial charge >= 0.3 is 0 Å². The van der Waals surface area contributed by atoms with Gasteiger partial charge in [0.05, 0.1) is 16.8 Å². The number of carbonyl (C=O) groups is 1. The maximum Gasteiger partial charge on any atom is 0.226 e. The summed E-state index contributed by atoms with van der Waals surface area (Å²) in [7, 11) is 1.67. The first-order chi connectivity index (χ1) is 17.1. The normalized spacial score (nSPS) is 13.2. The fourth-order valence-corrected chi connectivity index (χ4v) is 6.69. The molecule has 0 radical (unpaired) electrons. The molecule has 0 spiro atoms. The van der Waals surface area contributed by atoms with Crippen molar-refractivity contribution in [1.29, 1.82) is 0 Å². The number of pyridine rings is 1. The maximum absolute atomic E-state index is 12.7. The molecule has 9 heteroatoms. The van der Waals surface area contributed by atoms with Crippen molar-refractivity contribution in [3.05, 3.63) is 52.7 Å². The Morgan fingerprint density at radius 2 is 2.14 bits per heavy atom. The third-order valence-electron chi connectivity index (χ3n) is 6.15. The minimum atomic E-state index is 0.0122. The average Bonchev–Trinajstić information content (AvgIpc) is 3.44. The predicted molar refractivity (Wildman–Crippen MR) is 144 cm³/mol. The van der Waals surface area contributed by atoms with Crippen molar-refractivity contribution in [2.45, 2.75) is 26.3 Å². The van der Waals surface area contributed by atoms with E-state index < -0.39 is 0 Å². The summed E-state index contributed by atoms with van der Waals surface area (Å²) >= 11 is 3.36. The Morgan fingerprint density at radius 1 is 1.23 bits per heavy atom. The second kappa shape index (κ2) is 10.9. The Kier molecular flexibility index (Phi) is 7.50. The summed E-state index contributed by atoms with van der Waals surface area (Å²) < 4.78 is 6.18. The fraction of sp³-hybridized carbons (Fsp3) is 0.346. The number of aryl methyl sites for hydroxylation is 1. The number of fused-ring (bicyclic) bond motifs is 2. The highest BCUT2D eigenvalue weighted by atomic mass is 32.1. The lowest BCUT2D eigenvalue weighted by Crippen LogP contribution is -2.24. The van der Waals surface area contributed by atoms with Crippen LogP contribution in [0.3, 0.4) is 0 Å². The van der Waals surface area contributed by atoms with E-state index in [2.05, 4.69) is 46.1 Å². The van der Waals surface area contributed by atoms with Crippen LogP contribution in [0.15, 0.2) is 36.7 Å². The molecule has 3 N–H and O–H groups in total. The highest BCUT2D eigenvalue weighted by molar-refractivity contribution is 7.23. The summed E-state index contributed by atoms with van der Waals surface area (Å²) in [5.41, 5.74) is 6.85. The lowest BCUT2D eigenvalue weighted by atomic mass is 10.0. The molecule has 1 aliphatic rings. The highest BCUT2D eigenvalue weighted by Gasteiger charge is 2.25. The second-order valence-electron chi connectivity index (χ2n) is 8.57. The summed E-state index contributed by atoms with van der Waals surface area (Å²) in [5, 5.41) is 11.7. The SMILES string of the molecule is COCCNCCC(=O)Nc1sc2c(c1-c1nc3ccc(-c4cnccc4C)cc3s1)CCNC2. The standard InChI is InChI=1S/C26H29N5O2S2/c1-16-5-8-28-14-19(16)17-3-4-20-21(13-17)34-25(30-20)24-18-6-9-29-15-22(18)35-26(24)31-23(32)7-10-27-11-12-33-2/h3-5,8,13-14,27,29H,6-7,9-12,15H2,1-2H3,(H,31,32). The average molecular weight is 508 g/mol. The summed E-state index contributed by atoms with van der Waals surface area (Å²) in [6, 6.07) is 8.43. The molecule has 0 bridgehead atoms. The second-order valence-corrected chi connectivity index (χ2v) is 10.7. The Hall–Kier alpha value is -2.69. The van der Waals surface area contributed by atoms with E-state index in [0.29, 0.717) is 19.6 Å². The van der Waals surface area contributed by atoms with Gasteiger partial charge in [0.25, 0.3) is 0 Å². The smallest absolute Gasteiger partial charge is 0.226 e. The Bertz CT molecular complexity index is 1350. The summed E-state index contributed by atoms with van der Waals surface area (Å²) in [6.07, 6.45) is 5.09. The molecule has 4 aromatic rings. The molecule has 0 atom stereocenters. The quantitative estimate of drug-likeness (QED) is 0.287. The van der Waals surface area contributed by atoms with E-state index in [4.69, 9.17) is 9.72 Å². The van der Waals surface area contributed by atoms with E-state index in [-0.39, 0.29) is 5.91 Å². The van der Waals surface area contributed by atoms with E-state index in [9.17, 15) is 4.79 Å². The molecule has 0 unspecified atom stereocenters. The van der Waals surface area contributed by atoms with Crippen molar-refractivity contribution in [1.82, 2.24) is 20.6 Å². The number of nitrogens with zero attached hydrogens (tertiary/aromatic N) is 2. The van der Waals surface area contributed by atoms with Gasteiger partial charge in [-0.25, -0.2) is 4.98 Å². The molecule has 1 aromatic carbocycles. The molecular weight excluding hydrogens is 478 g/mol. The number of thiophene rings is 1. The Labute approximate surface area is 213 Å². The number of methoxy groups -OCH3 is 1. The highest BCUT2D eigenvalue weighted by Crippen LogP contribution is 2.45.